The minimum Gasteiger partial charge on any atom is -0.342 e. The second-order valence-corrected chi connectivity index (χ2v) is 14.1. The summed E-state index contributed by atoms with van der Waals surface area (Å²) < 4.78 is 37.9. The first-order valence-corrected chi connectivity index (χ1v) is 17.0. The highest BCUT2D eigenvalue weighted by Crippen LogP contribution is 2.49. The number of rotatable bonds is 9. The number of amides is 1. The summed E-state index contributed by atoms with van der Waals surface area (Å²) in [6.45, 7) is 3.61. The molecule has 5 nitrogen and oxygen atoms in total. The van der Waals surface area contributed by atoms with Crippen molar-refractivity contribution in [3.05, 3.63) is 144 Å². The Morgan fingerprint density at radius 1 is 0.604 bits per heavy atom. The first kappa shape index (κ1) is 32.6. The van der Waals surface area contributed by atoms with Crippen LogP contribution in [-0.4, -0.2) is 59.1 Å². The van der Waals surface area contributed by atoms with Gasteiger partial charge in [0.1, 0.15) is 0 Å². The van der Waals surface area contributed by atoms with Gasteiger partial charge in [-0.1, -0.05) is 121 Å². The van der Waals surface area contributed by atoms with Gasteiger partial charge in [0.2, 0.25) is 0 Å². The summed E-state index contributed by atoms with van der Waals surface area (Å²) in [5, 5.41) is 2.26. The van der Waals surface area contributed by atoms with Crippen molar-refractivity contribution in [3.8, 4) is 0 Å². The van der Waals surface area contributed by atoms with Gasteiger partial charge in [-0.3, -0.25) is 14.6 Å². The Balaban J connectivity index is 0.000000156. The van der Waals surface area contributed by atoms with Gasteiger partial charge in [-0.05, 0) is 47.9 Å². The zero-order valence-electron chi connectivity index (χ0n) is 27.0. The molecule has 0 unspecified atom stereocenters. The molecule has 48 heavy (non-hydrogen) atoms. The van der Waals surface area contributed by atoms with Crippen LogP contribution in [0.25, 0.3) is 0 Å². The van der Waals surface area contributed by atoms with Gasteiger partial charge in [0.25, 0.3) is 0 Å². The Morgan fingerprint density at radius 3 is 1.23 bits per heavy atom. The molecule has 4 aliphatic rings. The van der Waals surface area contributed by atoms with E-state index in [4.69, 9.17) is 5.73 Å². The molecule has 8 rings (SSSR count). The fraction of sp³-hybridized carbons (Fsp3) is 0.375. The standard InChI is InChI=1S/C21H21F3N2O.C19H22N2/c22-21(23,24)19(27)25-20(11-12-20)17-13-26(14-17)18(15-7-3-1-4-8-15)16-9-5-2-6-10-16;20-19(11-12-19)17-13-21(14-17)18(15-7-3-1-4-8-15)16-9-5-2-6-10-16/h1-10,17-18H,11-14H2,(H,25,27);1-10,17-18H,11-14,20H2. The zero-order chi connectivity index (χ0) is 33.4. The second kappa shape index (κ2) is 13.1. The molecular weight excluding hydrogens is 609 g/mol. The van der Waals surface area contributed by atoms with Gasteiger partial charge >= 0.3 is 12.1 Å². The van der Waals surface area contributed by atoms with Gasteiger partial charge in [-0.15, -0.1) is 0 Å². The predicted molar refractivity (Wildman–Crippen MR) is 182 cm³/mol. The number of halogens is 3. The fourth-order valence-electron chi connectivity index (χ4n) is 7.55. The molecule has 2 saturated carbocycles. The fourth-order valence-corrected chi connectivity index (χ4v) is 7.55. The summed E-state index contributed by atoms with van der Waals surface area (Å²) in [6.07, 6.45) is -1.15. The quantitative estimate of drug-likeness (QED) is 0.202. The Labute approximate surface area is 280 Å². The van der Waals surface area contributed by atoms with Crippen LogP contribution in [0.4, 0.5) is 13.2 Å². The van der Waals surface area contributed by atoms with Crippen LogP contribution in [0, 0.1) is 11.8 Å². The number of benzene rings is 4. The Bertz CT molecular complexity index is 1570. The largest absolute Gasteiger partial charge is 0.471 e. The van der Waals surface area contributed by atoms with Gasteiger partial charge in [-0.2, -0.15) is 13.2 Å². The van der Waals surface area contributed by atoms with E-state index in [1.807, 2.05) is 36.4 Å². The summed E-state index contributed by atoms with van der Waals surface area (Å²) in [5.74, 6) is -1.08. The summed E-state index contributed by atoms with van der Waals surface area (Å²) in [4.78, 5) is 16.2. The van der Waals surface area contributed by atoms with Gasteiger partial charge in [0.15, 0.2) is 0 Å². The lowest BCUT2D eigenvalue weighted by Crippen LogP contribution is -2.60. The molecule has 4 aromatic rings. The van der Waals surface area contributed by atoms with Crippen molar-refractivity contribution >= 4 is 5.91 Å². The highest BCUT2D eigenvalue weighted by atomic mass is 19.4. The minimum absolute atomic E-state index is 0.0544. The number of alkyl halides is 3. The highest BCUT2D eigenvalue weighted by Gasteiger charge is 2.58. The van der Waals surface area contributed by atoms with Crippen molar-refractivity contribution in [1.29, 1.82) is 0 Å². The molecular formula is C40H43F3N4O. The summed E-state index contributed by atoms with van der Waals surface area (Å²) in [5.41, 5.74) is 10.9. The molecule has 250 valence electrons. The van der Waals surface area contributed by atoms with E-state index in [1.54, 1.807) is 0 Å². The normalized spacial score (nSPS) is 20.3. The van der Waals surface area contributed by atoms with Crippen LogP contribution in [0.2, 0.25) is 0 Å². The van der Waals surface area contributed by atoms with Crippen LogP contribution in [0.3, 0.4) is 0 Å². The van der Waals surface area contributed by atoms with Crippen LogP contribution in [-0.2, 0) is 4.79 Å². The third kappa shape index (κ3) is 6.93. The van der Waals surface area contributed by atoms with Gasteiger partial charge < -0.3 is 11.1 Å². The second-order valence-electron chi connectivity index (χ2n) is 14.1. The first-order chi connectivity index (χ1) is 23.2. The Hall–Kier alpha value is -3.98. The maximum Gasteiger partial charge on any atom is 0.471 e. The summed E-state index contributed by atoms with van der Waals surface area (Å²) in [6, 6.07) is 42.3. The van der Waals surface area contributed by atoms with Gasteiger partial charge in [-0.25, -0.2) is 0 Å². The average Bonchev–Trinajstić information content (AvgIpc) is 4.00. The van der Waals surface area contributed by atoms with Gasteiger partial charge in [0, 0.05) is 49.1 Å². The third-order valence-electron chi connectivity index (χ3n) is 10.8. The number of carbonyl (C=O) groups excluding carboxylic acids is 1. The van der Waals surface area contributed by atoms with Crippen LogP contribution in [0.15, 0.2) is 121 Å². The van der Waals surface area contributed by atoms with E-state index in [0.29, 0.717) is 37.9 Å². The molecule has 1 amide bonds. The number of carbonyl (C=O) groups is 1. The molecule has 4 fully saturated rings. The highest BCUT2D eigenvalue weighted by molar-refractivity contribution is 5.82. The number of nitrogens with two attached hydrogens (primary N) is 1. The molecule has 0 spiro atoms. The van der Waals surface area contributed by atoms with E-state index in [0.717, 1.165) is 24.2 Å². The molecule has 0 atom stereocenters. The molecule has 8 heteroatoms. The number of hydrogen-bond donors (Lipinski definition) is 2. The molecule has 2 aliphatic carbocycles. The lowest BCUT2D eigenvalue weighted by Gasteiger charge is -2.48. The first-order valence-electron chi connectivity index (χ1n) is 17.0. The average molecular weight is 653 g/mol. The van der Waals surface area contributed by atoms with Crippen LogP contribution < -0.4 is 11.1 Å². The zero-order valence-corrected chi connectivity index (χ0v) is 27.0. The van der Waals surface area contributed by atoms with E-state index in [2.05, 4.69) is 100 Å². The SMILES string of the molecule is NC1(C2CN(C(c3ccccc3)c3ccccc3)C2)CC1.O=C(NC1(C2CN(C(c3ccccc3)c3ccccc3)C2)CC1)C(F)(F)F. The lowest BCUT2D eigenvalue weighted by atomic mass is 9.84. The van der Waals surface area contributed by atoms with Crippen molar-refractivity contribution in [2.75, 3.05) is 26.2 Å². The van der Waals surface area contributed by atoms with Crippen LogP contribution >= 0.6 is 0 Å². The van der Waals surface area contributed by atoms with Crippen LogP contribution in [0.1, 0.15) is 60.0 Å². The number of nitrogens with zero attached hydrogens (tertiary/aromatic N) is 2. The predicted octanol–water partition coefficient (Wildman–Crippen LogP) is 7.12. The van der Waals surface area contributed by atoms with E-state index < -0.39 is 17.6 Å². The lowest BCUT2D eigenvalue weighted by molar-refractivity contribution is -0.175. The topological polar surface area (TPSA) is 61.6 Å². The van der Waals surface area contributed by atoms with E-state index in [-0.39, 0.29) is 17.5 Å². The molecule has 4 aromatic carbocycles. The Kier molecular flexibility index (Phi) is 8.92. The number of hydrogen-bond acceptors (Lipinski definition) is 4. The molecule has 0 bridgehead atoms. The molecule has 3 N–H and O–H groups in total. The van der Waals surface area contributed by atoms with Crippen molar-refractivity contribution in [2.45, 2.75) is 55.0 Å². The number of nitrogens with one attached hydrogen (secondary N) is 1. The number of likely N-dealkylation sites (tertiary alicyclic amines) is 2. The summed E-state index contributed by atoms with van der Waals surface area (Å²) in [7, 11) is 0. The van der Waals surface area contributed by atoms with Crippen molar-refractivity contribution in [2.24, 2.45) is 17.6 Å². The molecule has 0 aromatic heterocycles. The monoisotopic (exact) mass is 652 g/mol. The summed E-state index contributed by atoms with van der Waals surface area (Å²) >= 11 is 0. The van der Waals surface area contributed by atoms with E-state index >= 15 is 0 Å². The maximum absolute atomic E-state index is 12.6. The molecule has 2 saturated heterocycles. The smallest absolute Gasteiger partial charge is 0.342 e. The van der Waals surface area contributed by atoms with Crippen molar-refractivity contribution in [3.63, 3.8) is 0 Å². The molecule has 2 aliphatic heterocycles. The van der Waals surface area contributed by atoms with Crippen LogP contribution in [0.5, 0.6) is 0 Å². The van der Waals surface area contributed by atoms with Crippen molar-refractivity contribution < 1.29 is 18.0 Å². The van der Waals surface area contributed by atoms with Gasteiger partial charge in [0.05, 0.1) is 12.1 Å². The van der Waals surface area contributed by atoms with E-state index in [1.165, 1.54) is 24.0 Å². The molecule has 0 radical (unpaired) electrons. The Morgan fingerprint density at radius 2 is 0.938 bits per heavy atom. The van der Waals surface area contributed by atoms with Crippen molar-refractivity contribution in [1.82, 2.24) is 15.1 Å². The molecule has 2 heterocycles. The third-order valence-corrected chi connectivity index (χ3v) is 10.8. The minimum atomic E-state index is -4.82. The maximum atomic E-state index is 12.6. The van der Waals surface area contributed by atoms with E-state index in [9.17, 15) is 18.0 Å².